The average Bonchev–Trinajstić information content (AvgIpc) is 2.98. The molecule has 0 amide bonds. The van der Waals surface area contributed by atoms with Gasteiger partial charge in [0, 0.05) is 5.56 Å². The molecule has 1 aliphatic carbocycles. The van der Waals surface area contributed by atoms with Crippen LogP contribution in [0, 0.1) is 0 Å². The van der Waals surface area contributed by atoms with Crippen LogP contribution in [0.1, 0.15) is 30.1 Å². The number of carbonyl (C=O) groups is 1. The van der Waals surface area contributed by atoms with Gasteiger partial charge in [0.25, 0.3) is 0 Å². The van der Waals surface area contributed by atoms with Gasteiger partial charge >= 0.3 is 0 Å². The molecule has 0 aliphatic heterocycles. The van der Waals surface area contributed by atoms with Crippen molar-refractivity contribution in [2.24, 2.45) is 5.73 Å². The highest BCUT2D eigenvalue weighted by Crippen LogP contribution is 2.36. The fourth-order valence-corrected chi connectivity index (χ4v) is 1.54. The van der Waals surface area contributed by atoms with Gasteiger partial charge in [0.1, 0.15) is 5.75 Å². The third kappa shape index (κ3) is 2.02. The number of Topliss-reactive ketones (excluding diaryl/α,β-unsaturated/α-hetero) is 1. The Labute approximate surface area is 89.2 Å². The van der Waals surface area contributed by atoms with Gasteiger partial charge < -0.3 is 10.5 Å². The Morgan fingerprint density at radius 2 is 2.27 bits per heavy atom. The highest BCUT2D eigenvalue weighted by atomic mass is 16.5. The van der Waals surface area contributed by atoms with E-state index in [1.54, 1.807) is 12.1 Å². The zero-order chi connectivity index (χ0) is 10.9. The number of hydrogen-bond acceptors (Lipinski definition) is 3. The Morgan fingerprint density at radius 1 is 1.53 bits per heavy atom. The van der Waals surface area contributed by atoms with E-state index in [0.29, 0.717) is 12.2 Å². The number of ether oxygens (including phenoxy) is 1. The summed E-state index contributed by atoms with van der Waals surface area (Å²) in [7, 11) is 0. The molecular weight excluding hydrogens is 190 g/mol. The van der Waals surface area contributed by atoms with Crippen LogP contribution in [-0.4, -0.2) is 17.9 Å². The van der Waals surface area contributed by atoms with Gasteiger partial charge in [-0.3, -0.25) is 4.79 Å². The first kappa shape index (κ1) is 10.2. The molecule has 2 N–H and O–H groups in total. The molecule has 1 aromatic rings. The third-order valence-corrected chi connectivity index (χ3v) is 2.65. The lowest BCUT2D eigenvalue weighted by atomic mass is 10.0. The van der Waals surface area contributed by atoms with Gasteiger partial charge in [0.2, 0.25) is 0 Å². The van der Waals surface area contributed by atoms with Crippen LogP contribution >= 0.6 is 0 Å². The molecule has 1 aromatic carbocycles. The maximum Gasteiger partial charge on any atom is 0.182 e. The summed E-state index contributed by atoms with van der Waals surface area (Å²) in [5.41, 5.74) is 5.92. The highest BCUT2D eigenvalue weighted by Gasteiger charge is 2.45. The van der Waals surface area contributed by atoms with Gasteiger partial charge in [-0.1, -0.05) is 12.1 Å². The molecule has 3 heteroatoms. The van der Waals surface area contributed by atoms with Crippen molar-refractivity contribution in [3.8, 4) is 5.75 Å². The number of benzene rings is 1. The molecule has 0 unspecified atom stereocenters. The second-order valence-electron chi connectivity index (χ2n) is 3.95. The Bertz CT molecular complexity index is 383. The van der Waals surface area contributed by atoms with Crippen molar-refractivity contribution in [1.82, 2.24) is 0 Å². The summed E-state index contributed by atoms with van der Waals surface area (Å²) in [6.07, 6.45) is 1.59. The van der Waals surface area contributed by atoms with E-state index in [-0.39, 0.29) is 5.78 Å². The quantitative estimate of drug-likeness (QED) is 0.762. The van der Waals surface area contributed by atoms with Crippen molar-refractivity contribution in [2.45, 2.75) is 25.3 Å². The van der Waals surface area contributed by atoms with Gasteiger partial charge in [-0.15, -0.1) is 0 Å². The van der Waals surface area contributed by atoms with Crippen molar-refractivity contribution in [3.63, 3.8) is 0 Å². The Balaban J connectivity index is 2.21. The maximum absolute atomic E-state index is 11.9. The summed E-state index contributed by atoms with van der Waals surface area (Å²) in [4.78, 5) is 11.9. The summed E-state index contributed by atoms with van der Waals surface area (Å²) < 4.78 is 5.34. The topological polar surface area (TPSA) is 52.3 Å². The van der Waals surface area contributed by atoms with E-state index in [1.165, 1.54) is 0 Å². The van der Waals surface area contributed by atoms with E-state index in [4.69, 9.17) is 10.5 Å². The van der Waals surface area contributed by atoms with E-state index in [0.717, 1.165) is 18.6 Å². The number of rotatable bonds is 4. The molecule has 0 aromatic heterocycles. The fourth-order valence-electron chi connectivity index (χ4n) is 1.54. The molecule has 0 atom stereocenters. The second-order valence-corrected chi connectivity index (χ2v) is 3.95. The van der Waals surface area contributed by atoms with E-state index in [9.17, 15) is 4.79 Å². The molecule has 1 saturated carbocycles. The van der Waals surface area contributed by atoms with Crippen LogP contribution < -0.4 is 10.5 Å². The van der Waals surface area contributed by atoms with Crippen LogP contribution in [0.5, 0.6) is 5.75 Å². The molecule has 0 saturated heterocycles. The van der Waals surface area contributed by atoms with E-state index in [2.05, 4.69) is 0 Å². The predicted molar refractivity (Wildman–Crippen MR) is 58.1 cm³/mol. The van der Waals surface area contributed by atoms with Crippen molar-refractivity contribution < 1.29 is 9.53 Å². The minimum atomic E-state index is -0.592. The summed E-state index contributed by atoms with van der Waals surface area (Å²) in [6.45, 7) is 2.52. The third-order valence-electron chi connectivity index (χ3n) is 2.65. The molecule has 2 rings (SSSR count). The van der Waals surface area contributed by atoms with Crippen LogP contribution in [0.15, 0.2) is 24.3 Å². The molecule has 0 bridgehead atoms. The lowest BCUT2D eigenvalue weighted by molar-refractivity contribution is 0.0949. The summed E-state index contributed by atoms with van der Waals surface area (Å²) in [6, 6.07) is 7.22. The fraction of sp³-hybridized carbons (Fsp3) is 0.417. The minimum Gasteiger partial charge on any atom is -0.494 e. The zero-order valence-electron chi connectivity index (χ0n) is 8.82. The first-order valence-electron chi connectivity index (χ1n) is 5.22. The minimum absolute atomic E-state index is 0.0315. The first-order valence-corrected chi connectivity index (χ1v) is 5.22. The number of ketones is 1. The molecule has 0 spiro atoms. The lowest BCUT2D eigenvalue weighted by Gasteiger charge is -2.09. The summed E-state index contributed by atoms with van der Waals surface area (Å²) >= 11 is 0. The predicted octanol–water partition coefficient (Wildman–Crippen LogP) is 1.76. The van der Waals surface area contributed by atoms with E-state index in [1.807, 2.05) is 19.1 Å². The second kappa shape index (κ2) is 3.66. The largest absolute Gasteiger partial charge is 0.494 e. The Hall–Kier alpha value is -1.35. The molecule has 15 heavy (non-hydrogen) atoms. The summed E-state index contributed by atoms with van der Waals surface area (Å²) in [5.74, 6) is 0.761. The van der Waals surface area contributed by atoms with Crippen molar-refractivity contribution >= 4 is 5.78 Å². The monoisotopic (exact) mass is 205 g/mol. The van der Waals surface area contributed by atoms with Gasteiger partial charge in [0.05, 0.1) is 12.1 Å². The molecule has 1 fully saturated rings. The average molecular weight is 205 g/mol. The zero-order valence-corrected chi connectivity index (χ0v) is 8.82. The van der Waals surface area contributed by atoms with E-state index >= 15 is 0 Å². The Morgan fingerprint density at radius 3 is 2.87 bits per heavy atom. The lowest BCUT2D eigenvalue weighted by Crippen LogP contribution is -2.32. The molecule has 3 nitrogen and oxygen atoms in total. The van der Waals surface area contributed by atoms with Crippen LogP contribution in [0.3, 0.4) is 0 Å². The van der Waals surface area contributed by atoms with E-state index < -0.39 is 5.54 Å². The van der Waals surface area contributed by atoms with Crippen LogP contribution in [0.25, 0.3) is 0 Å². The van der Waals surface area contributed by atoms with Crippen LogP contribution in [0.2, 0.25) is 0 Å². The molecule has 1 aliphatic rings. The number of hydrogen-bond donors (Lipinski definition) is 1. The van der Waals surface area contributed by atoms with Crippen LogP contribution in [-0.2, 0) is 0 Å². The first-order chi connectivity index (χ1) is 7.15. The SMILES string of the molecule is CCOc1cccc(C(=O)C2(N)CC2)c1. The van der Waals surface area contributed by atoms with Gasteiger partial charge in [-0.2, -0.15) is 0 Å². The van der Waals surface area contributed by atoms with Crippen molar-refractivity contribution in [3.05, 3.63) is 29.8 Å². The van der Waals surface area contributed by atoms with Crippen molar-refractivity contribution in [1.29, 1.82) is 0 Å². The van der Waals surface area contributed by atoms with Gasteiger partial charge in [-0.25, -0.2) is 0 Å². The highest BCUT2D eigenvalue weighted by molar-refractivity contribution is 6.05. The number of nitrogens with two attached hydrogens (primary N) is 1. The van der Waals surface area contributed by atoms with Crippen molar-refractivity contribution in [2.75, 3.05) is 6.61 Å². The molecule has 0 heterocycles. The normalized spacial score (nSPS) is 17.2. The maximum atomic E-state index is 11.9. The summed E-state index contributed by atoms with van der Waals surface area (Å²) in [5, 5.41) is 0. The molecular formula is C12H15NO2. The molecule has 80 valence electrons. The van der Waals surface area contributed by atoms with Gasteiger partial charge in [-0.05, 0) is 31.9 Å². The van der Waals surface area contributed by atoms with Gasteiger partial charge in [0.15, 0.2) is 5.78 Å². The standard InChI is InChI=1S/C12H15NO2/c1-2-15-10-5-3-4-9(8-10)11(14)12(13)6-7-12/h3-5,8H,2,6-7,13H2,1H3. The smallest absolute Gasteiger partial charge is 0.182 e. The van der Waals surface area contributed by atoms with Crippen LogP contribution in [0.4, 0.5) is 0 Å². The Kier molecular flexibility index (Phi) is 2.49. The molecule has 0 radical (unpaired) electrons. The number of carbonyl (C=O) groups excluding carboxylic acids is 1.